The summed E-state index contributed by atoms with van der Waals surface area (Å²) in [5.41, 5.74) is 3.83. The normalized spacial score (nSPS) is 16.3. The minimum Gasteiger partial charge on any atom is -0.340 e. The molecule has 1 aliphatic carbocycles. The molecule has 4 rings (SSSR count). The Balaban J connectivity index is 1.79. The highest BCUT2D eigenvalue weighted by atomic mass is 15.1. The molecule has 0 aromatic heterocycles. The minimum absolute atomic E-state index is 0.533. The van der Waals surface area contributed by atoms with Crippen LogP contribution in [0.25, 0.3) is 10.8 Å². The van der Waals surface area contributed by atoms with E-state index in [1.807, 2.05) is 0 Å². The average molecular weight is 325 g/mol. The van der Waals surface area contributed by atoms with Crippen LogP contribution in [0.3, 0.4) is 0 Å². The first-order valence-electron chi connectivity index (χ1n) is 8.96. The smallest absolute Gasteiger partial charge is 0.0490 e. The second-order valence-electron chi connectivity index (χ2n) is 6.75. The molecule has 0 saturated heterocycles. The zero-order valence-electron chi connectivity index (χ0n) is 14.6. The van der Waals surface area contributed by atoms with Crippen molar-refractivity contribution in [3.63, 3.8) is 0 Å². The number of anilines is 2. The number of nitrogens with zero attached hydrogens (tertiary/aromatic N) is 1. The van der Waals surface area contributed by atoms with Crippen molar-refractivity contribution in [2.75, 3.05) is 11.4 Å². The van der Waals surface area contributed by atoms with Gasteiger partial charge in [-0.15, -0.1) is 0 Å². The molecular formula is C24H23N. The Morgan fingerprint density at radius 3 is 2.48 bits per heavy atom. The van der Waals surface area contributed by atoms with Crippen LogP contribution in [0.4, 0.5) is 11.4 Å². The first-order chi connectivity index (χ1) is 12.3. The fourth-order valence-corrected chi connectivity index (χ4v) is 3.51. The number of fused-ring (bicyclic) bond motifs is 1. The second-order valence-corrected chi connectivity index (χ2v) is 6.75. The van der Waals surface area contributed by atoms with Crippen LogP contribution in [0, 0.1) is 12.8 Å². The Bertz CT molecular complexity index is 913. The van der Waals surface area contributed by atoms with Crippen LogP contribution in [-0.2, 0) is 0 Å². The molecule has 3 aromatic rings. The third kappa shape index (κ3) is 3.36. The Morgan fingerprint density at radius 2 is 1.68 bits per heavy atom. The summed E-state index contributed by atoms with van der Waals surface area (Å²) in [5.74, 6) is 0.533. The van der Waals surface area contributed by atoms with Gasteiger partial charge in [0.25, 0.3) is 0 Å². The molecule has 3 aromatic carbocycles. The SMILES string of the molecule is Cc1ccc(N(CC2C=CC=CC2)c2cccc3ccccc23)cc1. The van der Waals surface area contributed by atoms with Crippen molar-refractivity contribution < 1.29 is 0 Å². The van der Waals surface area contributed by atoms with Crippen molar-refractivity contribution in [2.24, 2.45) is 5.92 Å². The van der Waals surface area contributed by atoms with Crippen LogP contribution in [0.2, 0.25) is 0 Å². The van der Waals surface area contributed by atoms with Crippen molar-refractivity contribution in [3.8, 4) is 0 Å². The maximum atomic E-state index is 2.47. The highest BCUT2D eigenvalue weighted by Gasteiger charge is 2.17. The quantitative estimate of drug-likeness (QED) is 0.535. The maximum absolute atomic E-state index is 2.47. The molecule has 0 fully saturated rings. The van der Waals surface area contributed by atoms with E-state index < -0.39 is 0 Å². The molecule has 25 heavy (non-hydrogen) atoms. The summed E-state index contributed by atoms with van der Waals surface area (Å²) in [7, 11) is 0. The highest BCUT2D eigenvalue weighted by Crippen LogP contribution is 2.34. The van der Waals surface area contributed by atoms with Crippen LogP contribution in [0.1, 0.15) is 12.0 Å². The molecule has 1 heteroatoms. The average Bonchev–Trinajstić information content (AvgIpc) is 2.67. The van der Waals surface area contributed by atoms with E-state index in [4.69, 9.17) is 0 Å². The van der Waals surface area contributed by atoms with Crippen molar-refractivity contribution in [1.29, 1.82) is 0 Å². The Hall–Kier alpha value is -2.80. The third-order valence-corrected chi connectivity index (χ3v) is 4.89. The van der Waals surface area contributed by atoms with E-state index in [0.29, 0.717) is 5.92 Å². The van der Waals surface area contributed by atoms with E-state index in [1.54, 1.807) is 0 Å². The summed E-state index contributed by atoms with van der Waals surface area (Å²) in [6.07, 6.45) is 10.0. The van der Waals surface area contributed by atoms with Crippen LogP contribution < -0.4 is 4.90 Å². The van der Waals surface area contributed by atoms with Gasteiger partial charge in [-0.05, 0) is 42.8 Å². The standard InChI is InChI=1S/C24H23N/c1-19-14-16-22(17-15-19)25(18-20-8-3-2-4-9-20)24-13-7-11-21-10-5-6-12-23(21)24/h2-8,10-17,20H,9,18H2,1H3. The summed E-state index contributed by atoms with van der Waals surface area (Å²) in [4.78, 5) is 2.47. The first kappa shape index (κ1) is 15.7. The largest absolute Gasteiger partial charge is 0.340 e. The van der Waals surface area contributed by atoms with Gasteiger partial charge < -0.3 is 4.90 Å². The van der Waals surface area contributed by atoms with Crippen molar-refractivity contribution >= 4 is 22.1 Å². The van der Waals surface area contributed by atoms with E-state index >= 15 is 0 Å². The van der Waals surface area contributed by atoms with Gasteiger partial charge in [0.2, 0.25) is 0 Å². The summed E-state index contributed by atoms with van der Waals surface area (Å²) in [6, 6.07) is 24.1. The van der Waals surface area contributed by atoms with Gasteiger partial charge in [-0.2, -0.15) is 0 Å². The minimum atomic E-state index is 0.533. The maximum Gasteiger partial charge on any atom is 0.0490 e. The zero-order valence-corrected chi connectivity index (χ0v) is 14.6. The van der Waals surface area contributed by atoms with E-state index in [-0.39, 0.29) is 0 Å². The van der Waals surface area contributed by atoms with Crippen LogP contribution in [0.5, 0.6) is 0 Å². The number of hydrogen-bond acceptors (Lipinski definition) is 1. The van der Waals surface area contributed by atoms with Crippen LogP contribution in [0.15, 0.2) is 91.0 Å². The molecule has 0 amide bonds. The van der Waals surface area contributed by atoms with Crippen molar-refractivity contribution in [2.45, 2.75) is 13.3 Å². The van der Waals surface area contributed by atoms with Gasteiger partial charge in [-0.3, -0.25) is 0 Å². The fraction of sp³-hybridized carbons (Fsp3) is 0.167. The number of benzene rings is 3. The number of allylic oxidation sites excluding steroid dienone is 3. The zero-order chi connectivity index (χ0) is 17.1. The summed E-state index contributed by atoms with van der Waals surface area (Å²) in [6.45, 7) is 3.12. The summed E-state index contributed by atoms with van der Waals surface area (Å²) >= 11 is 0. The lowest BCUT2D eigenvalue weighted by Gasteiger charge is -2.30. The summed E-state index contributed by atoms with van der Waals surface area (Å²) < 4.78 is 0. The molecule has 1 atom stereocenters. The molecule has 1 unspecified atom stereocenters. The predicted molar refractivity (Wildman–Crippen MR) is 109 cm³/mol. The molecular weight excluding hydrogens is 302 g/mol. The van der Waals surface area contributed by atoms with Crippen molar-refractivity contribution in [1.82, 2.24) is 0 Å². The van der Waals surface area contributed by atoms with Gasteiger partial charge in [0, 0.05) is 23.3 Å². The molecule has 1 nitrogen and oxygen atoms in total. The predicted octanol–water partition coefficient (Wildman–Crippen LogP) is 6.42. The molecule has 0 aliphatic heterocycles. The number of rotatable bonds is 4. The topological polar surface area (TPSA) is 3.24 Å². The van der Waals surface area contributed by atoms with E-state index in [0.717, 1.165) is 13.0 Å². The highest BCUT2D eigenvalue weighted by molar-refractivity contribution is 5.96. The Morgan fingerprint density at radius 1 is 0.880 bits per heavy atom. The summed E-state index contributed by atoms with van der Waals surface area (Å²) in [5, 5.41) is 2.59. The molecule has 1 aliphatic rings. The van der Waals surface area contributed by atoms with Gasteiger partial charge in [-0.1, -0.05) is 78.4 Å². The lowest BCUT2D eigenvalue weighted by atomic mass is 9.98. The molecule has 0 spiro atoms. The molecule has 0 saturated carbocycles. The van der Waals surface area contributed by atoms with Gasteiger partial charge in [0.15, 0.2) is 0 Å². The van der Waals surface area contributed by atoms with Crippen LogP contribution >= 0.6 is 0 Å². The number of hydrogen-bond donors (Lipinski definition) is 0. The van der Waals surface area contributed by atoms with Gasteiger partial charge in [0.05, 0.1) is 0 Å². The molecule has 0 bridgehead atoms. The van der Waals surface area contributed by atoms with Gasteiger partial charge in [-0.25, -0.2) is 0 Å². The molecule has 0 radical (unpaired) electrons. The van der Waals surface area contributed by atoms with Crippen LogP contribution in [-0.4, -0.2) is 6.54 Å². The first-order valence-corrected chi connectivity index (χ1v) is 8.96. The molecule has 0 N–H and O–H groups in total. The molecule has 0 heterocycles. The Labute approximate surface area is 149 Å². The second kappa shape index (κ2) is 6.98. The van der Waals surface area contributed by atoms with E-state index in [2.05, 4.69) is 103 Å². The lowest BCUT2D eigenvalue weighted by Crippen LogP contribution is -2.24. The third-order valence-electron chi connectivity index (χ3n) is 4.89. The fourth-order valence-electron chi connectivity index (χ4n) is 3.51. The monoisotopic (exact) mass is 325 g/mol. The van der Waals surface area contributed by atoms with Gasteiger partial charge >= 0.3 is 0 Å². The van der Waals surface area contributed by atoms with Gasteiger partial charge in [0.1, 0.15) is 0 Å². The van der Waals surface area contributed by atoms with Crippen molar-refractivity contribution in [3.05, 3.63) is 96.6 Å². The Kier molecular flexibility index (Phi) is 4.39. The molecule has 124 valence electrons. The number of aryl methyl sites for hydroxylation is 1. The van der Waals surface area contributed by atoms with E-state index in [1.165, 1.54) is 27.7 Å². The van der Waals surface area contributed by atoms with E-state index in [9.17, 15) is 0 Å². The lowest BCUT2D eigenvalue weighted by molar-refractivity contribution is 0.657.